The lowest BCUT2D eigenvalue weighted by atomic mass is 10.2. The minimum atomic E-state index is -0.228. The van der Waals surface area contributed by atoms with Crippen molar-refractivity contribution in [2.75, 3.05) is 5.32 Å². The van der Waals surface area contributed by atoms with E-state index in [9.17, 15) is 4.79 Å². The largest absolute Gasteiger partial charge is 0.322 e. The van der Waals surface area contributed by atoms with E-state index < -0.39 is 0 Å². The molecule has 1 aromatic heterocycles. The number of aryl methyl sites for hydroxylation is 1. The molecule has 6 heteroatoms. The smallest absolute Gasteiger partial charge is 0.255 e. The SMILES string of the molecule is Cc1nc2ccc(NC(=O)c3ccc(Cl)c(Cl)c3)cc2s1. The number of benzene rings is 2. The molecule has 0 fully saturated rings. The third-order valence-electron chi connectivity index (χ3n) is 2.94. The lowest BCUT2D eigenvalue weighted by molar-refractivity contribution is 0.102. The van der Waals surface area contributed by atoms with E-state index in [1.165, 1.54) is 0 Å². The molecule has 3 aromatic rings. The van der Waals surface area contributed by atoms with E-state index in [4.69, 9.17) is 23.2 Å². The van der Waals surface area contributed by atoms with Gasteiger partial charge in [0, 0.05) is 11.3 Å². The van der Waals surface area contributed by atoms with E-state index in [1.807, 2.05) is 25.1 Å². The third kappa shape index (κ3) is 3.02. The van der Waals surface area contributed by atoms with Crippen molar-refractivity contribution in [1.29, 1.82) is 0 Å². The molecule has 21 heavy (non-hydrogen) atoms. The zero-order valence-electron chi connectivity index (χ0n) is 11.0. The molecule has 0 aliphatic rings. The van der Waals surface area contributed by atoms with E-state index >= 15 is 0 Å². The number of fused-ring (bicyclic) bond motifs is 1. The Morgan fingerprint density at radius 1 is 1.14 bits per heavy atom. The maximum Gasteiger partial charge on any atom is 0.255 e. The van der Waals surface area contributed by atoms with Crippen LogP contribution in [0.3, 0.4) is 0 Å². The zero-order chi connectivity index (χ0) is 15.0. The molecule has 3 rings (SSSR count). The van der Waals surface area contributed by atoms with Crippen molar-refractivity contribution in [3.05, 3.63) is 57.0 Å². The first kappa shape index (κ1) is 14.3. The van der Waals surface area contributed by atoms with Crippen LogP contribution in [0.15, 0.2) is 36.4 Å². The number of amides is 1. The summed E-state index contributed by atoms with van der Waals surface area (Å²) >= 11 is 13.4. The van der Waals surface area contributed by atoms with Crippen molar-refractivity contribution in [2.24, 2.45) is 0 Å². The molecule has 0 unspecified atom stereocenters. The second-order valence-electron chi connectivity index (χ2n) is 4.50. The van der Waals surface area contributed by atoms with Gasteiger partial charge in [-0.3, -0.25) is 4.79 Å². The molecule has 1 amide bonds. The number of halogens is 2. The summed E-state index contributed by atoms with van der Waals surface area (Å²) < 4.78 is 1.04. The van der Waals surface area contributed by atoms with E-state index in [1.54, 1.807) is 29.5 Å². The van der Waals surface area contributed by atoms with Crippen LogP contribution in [0, 0.1) is 6.92 Å². The molecule has 0 saturated heterocycles. The highest BCUT2D eigenvalue weighted by Crippen LogP contribution is 2.26. The summed E-state index contributed by atoms with van der Waals surface area (Å²) in [6, 6.07) is 10.4. The summed E-state index contributed by atoms with van der Waals surface area (Å²) in [4.78, 5) is 16.6. The van der Waals surface area contributed by atoms with E-state index in [-0.39, 0.29) is 5.91 Å². The number of carbonyl (C=O) groups excluding carboxylic acids is 1. The average Bonchev–Trinajstić information content (AvgIpc) is 2.81. The number of thiazole rings is 1. The Kier molecular flexibility index (Phi) is 3.85. The number of carbonyl (C=O) groups is 1. The summed E-state index contributed by atoms with van der Waals surface area (Å²) in [5.41, 5.74) is 2.12. The number of hydrogen-bond acceptors (Lipinski definition) is 3. The molecule has 106 valence electrons. The van der Waals surface area contributed by atoms with Crippen LogP contribution >= 0.6 is 34.5 Å². The van der Waals surface area contributed by atoms with Crippen molar-refractivity contribution >= 4 is 56.3 Å². The number of hydrogen-bond donors (Lipinski definition) is 1. The van der Waals surface area contributed by atoms with Gasteiger partial charge in [-0.05, 0) is 43.3 Å². The molecule has 3 nitrogen and oxygen atoms in total. The summed E-state index contributed by atoms with van der Waals surface area (Å²) in [5, 5.41) is 4.63. The Morgan fingerprint density at radius 3 is 2.71 bits per heavy atom. The van der Waals surface area contributed by atoms with Gasteiger partial charge in [-0.15, -0.1) is 11.3 Å². The van der Waals surface area contributed by atoms with Gasteiger partial charge in [0.05, 0.1) is 25.3 Å². The number of aromatic nitrogens is 1. The van der Waals surface area contributed by atoms with Gasteiger partial charge in [-0.2, -0.15) is 0 Å². The van der Waals surface area contributed by atoms with Crippen LogP contribution in [0.25, 0.3) is 10.2 Å². The fraction of sp³-hybridized carbons (Fsp3) is 0.0667. The van der Waals surface area contributed by atoms with E-state index in [2.05, 4.69) is 10.3 Å². The van der Waals surface area contributed by atoms with Gasteiger partial charge in [0.25, 0.3) is 5.91 Å². The zero-order valence-corrected chi connectivity index (χ0v) is 13.3. The minimum Gasteiger partial charge on any atom is -0.322 e. The van der Waals surface area contributed by atoms with Gasteiger partial charge in [0.2, 0.25) is 0 Å². The molecule has 0 radical (unpaired) electrons. The standard InChI is InChI=1S/C15H10Cl2N2OS/c1-8-18-13-5-3-10(7-14(13)21-8)19-15(20)9-2-4-11(16)12(17)6-9/h2-7H,1H3,(H,19,20). The van der Waals surface area contributed by atoms with Crippen LogP contribution in [0.5, 0.6) is 0 Å². The van der Waals surface area contributed by atoms with Crippen molar-refractivity contribution in [3.63, 3.8) is 0 Å². The van der Waals surface area contributed by atoms with Crippen LogP contribution in [0.2, 0.25) is 10.0 Å². The van der Waals surface area contributed by atoms with Crippen LogP contribution < -0.4 is 5.32 Å². The lowest BCUT2D eigenvalue weighted by Gasteiger charge is -2.06. The fourth-order valence-electron chi connectivity index (χ4n) is 1.96. The number of anilines is 1. The molecule has 0 aliphatic carbocycles. The molecule has 0 bridgehead atoms. The van der Waals surface area contributed by atoms with Crippen LogP contribution in [-0.4, -0.2) is 10.9 Å². The quantitative estimate of drug-likeness (QED) is 0.701. The number of nitrogens with one attached hydrogen (secondary N) is 1. The Morgan fingerprint density at radius 2 is 1.95 bits per heavy atom. The number of nitrogens with zero attached hydrogens (tertiary/aromatic N) is 1. The van der Waals surface area contributed by atoms with Crippen LogP contribution in [-0.2, 0) is 0 Å². The van der Waals surface area contributed by atoms with Crippen molar-refractivity contribution in [1.82, 2.24) is 4.98 Å². The average molecular weight is 337 g/mol. The summed E-state index contributed by atoms with van der Waals surface area (Å²) in [5.74, 6) is -0.228. The normalized spacial score (nSPS) is 10.8. The minimum absolute atomic E-state index is 0.228. The van der Waals surface area contributed by atoms with Crippen molar-refractivity contribution in [2.45, 2.75) is 6.92 Å². The van der Waals surface area contributed by atoms with Gasteiger partial charge in [-0.25, -0.2) is 4.98 Å². The maximum absolute atomic E-state index is 12.2. The number of rotatable bonds is 2. The van der Waals surface area contributed by atoms with Gasteiger partial charge in [-0.1, -0.05) is 23.2 Å². The summed E-state index contributed by atoms with van der Waals surface area (Å²) in [6.07, 6.45) is 0. The highest BCUT2D eigenvalue weighted by Gasteiger charge is 2.09. The molecule has 1 N–H and O–H groups in total. The third-order valence-corrected chi connectivity index (χ3v) is 4.61. The Hall–Kier alpha value is -1.62. The Balaban J connectivity index is 1.86. The molecule has 0 saturated carbocycles. The summed E-state index contributed by atoms with van der Waals surface area (Å²) in [7, 11) is 0. The first-order valence-corrected chi connectivity index (χ1v) is 7.74. The van der Waals surface area contributed by atoms with Gasteiger partial charge in [0.1, 0.15) is 0 Å². The van der Waals surface area contributed by atoms with Gasteiger partial charge in [0.15, 0.2) is 0 Å². The highest BCUT2D eigenvalue weighted by atomic mass is 35.5. The second-order valence-corrected chi connectivity index (χ2v) is 6.55. The highest BCUT2D eigenvalue weighted by molar-refractivity contribution is 7.18. The van der Waals surface area contributed by atoms with Crippen molar-refractivity contribution in [3.8, 4) is 0 Å². The van der Waals surface area contributed by atoms with Gasteiger partial charge < -0.3 is 5.32 Å². The predicted octanol–water partition coefficient (Wildman–Crippen LogP) is 5.16. The Bertz CT molecular complexity index is 845. The second kappa shape index (κ2) is 5.64. The molecule has 2 aromatic carbocycles. The fourth-order valence-corrected chi connectivity index (χ4v) is 3.12. The van der Waals surface area contributed by atoms with Crippen LogP contribution in [0.4, 0.5) is 5.69 Å². The van der Waals surface area contributed by atoms with E-state index in [0.29, 0.717) is 15.6 Å². The van der Waals surface area contributed by atoms with E-state index in [0.717, 1.165) is 20.9 Å². The Labute approximate surface area is 135 Å². The monoisotopic (exact) mass is 336 g/mol. The molecule has 0 spiro atoms. The lowest BCUT2D eigenvalue weighted by Crippen LogP contribution is -2.11. The predicted molar refractivity (Wildman–Crippen MR) is 88.8 cm³/mol. The van der Waals surface area contributed by atoms with Crippen LogP contribution in [0.1, 0.15) is 15.4 Å². The molecule has 0 atom stereocenters. The van der Waals surface area contributed by atoms with Crippen molar-refractivity contribution < 1.29 is 4.79 Å². The topological polar surface area (TPSA) is 42.0 Å². The maximum atomic E-state index is 12.2. The molecule has 0 aliphatic heterocycles. The molecule has 1 heterocycles. The first-order valence-electron chi connectivity index (χ1n) is 6.16. The molecular formula is C15H10Cl2N2OS. The first-order chi connectivity index (χ1) is 10.0. The summed E-state index contributed by atoms with van der Waals surface area (Å²) in [6.45, 7) is 1.96. The van der Waals surface area contributed by atoms with Gasteiger partial charge >= 0.3 is 0 Å². The molecular weight excluding hydrogens is 327 g/mol.